The fourth-order valence-corrected chi connectivity index (χ4v) is 1.34. The smallest absolute Gasteiger partial charge is 0.475 e. The van der Waals surface area contributed by atoms with E-state index in [-0.39, 0.29) is 6.42 Å². The number of aliphatic hydroxyl groups excluding tert-OH is 1. The fraction of sp³-hybridized carbons (Fsp3) is 0.889. The Hall–Kier alpha value is -0.960. The van der Waals surface area contributed by atoms with Crippen molar-refractivity contribution >= 4 is 5.97 Å². The molecular formula is C9H14F5NO3. The molecule has 4 nitrogen and oxygen atoms in total. The topological polar surface area (TPSA) is 83.5 Å². The maximum Gasteiger partial charge on any atom is 0.490 e. The highest BCUT2D eigenvalue weighted by molar-refractivity contribution is 5.73. The van der Waals surface area contributed by atoms with Gasteiger partial charge in [0.25, 0.3) is 5.92 Å². The number of aliphatic hydroxyl groups is 1. The second-order valence-electron chi connectivity index (χ2n) is 3.90. The summed E-state index contributed by atoms with van der Waals surface area (Å²) < 4.78 is 57.4. The number of hydrogen-bond donors (Lipinski definition) is 3. The number of rotatable bonds is 0. The first-order chi connectivity index (χ1) is 7.98. The average Bonchev–Trinajstić information content (AvgIpc) is 2.31. The molecule has 9 heteroatoms. The molecule has 1 aliphatic rings. The van der Waals surface area contributed by atoms with E-state index < -0.39 is 30.2 Å². The molecule has 0 aromatic heterocycles. The normalized spacial score (nSPS) is 27.7. The van der Waals surface area contributed by atoms with Gasteiger partial charge in [-0.15, -0.1) is 0 Å². The van der Waals surface area contributed by atoms with E-state index in [1.54, 1.807) is 0 Å². The van der Waals surface area contributed by atoms with Gasteiger partial charge < -0.3 is 15.9 Å². The third kappa shape index (κ3) is 5.58. The predicted molar refractivity (Wildman–Crippen MR) is 51.1 cm³/mol. The average molecular weight is 279 g/mol. The summed E-state index contributed by atoms with van der Waals surface area (Å²) in [6.45, 7) is 0. The van der Waals surface area contributed by atoms with Gasteiger partial charge in [0.2, 0.25) is 0 Å². The largest absolute Gasteiger partial charge is 0.490 e. The minimum absolute atomic E-state index is 0.189. The van der Waals surface area contributed by atoms with Gasteiger partial charge in [-0.1, -0.05) is 6.42 Å². The summed E-state index contributed by atoms with van der Waals surface area (Å²) in [6, 6.07) is -1.37. The van der Waals surface area contributed by atoms with Crippen molar-refractivity contribution < 1.29 is 37.0 Å². The van der Waals surface area contributed by atoms with E-state index in [0.29, 0.717) is 19.3 Å². The highest BCUT2D eigenvalue weighted by Gasteiger charge is 2.42. The summed E-state index contributed by atoms with van der Waals surface area (Å²) >= 11 is 0. The second kappa shape index (κ2) is 6.28. The Morgan fingerprint density at radius 3 is 2.11 bits per heavy atom. The highest BCUT2D eigenvalue weighted by Crippen LogP contribution is 2.31. The molecule has 1 unspecified atom stereocenters. The lowest BCUT2D eigenvalue weighted by molar-refractivity contribution is -0.192. The molecule has 0 aromatic carbocycles. The molecule has 18 heavy (non-hydrogen) atoms. The van der Waals surface area contributed by atoms with Crippen LogP contribution in [0.25, 0.3) is 0 Å². The second-order valence-corrected chi connectivity index (χ2v) is 3.90. The first-order valence-corrected chi connectivity index (χ1v) is 5.10. The summed E-state index contributed by atoms with van der Waals surface area (Å²) in [7, 11) is 0. The molecule has 1 saturated carbocycles. The molecule has 0 spiro atoms. The van der Waals surface area contributed by atoms with Crippen LogP contribution in [0.15, 0.2) is 0 Å². The van der Waals surface area contributed by atoms with Crippen molar-refractivity contribution in [1.29, 1.82) is 0 Å². The number of carboxylic acid groups (broad SMARTS) is 1. The van der Waals surface area contributed by atoms with Crippen LogP contribution in [-0.4, -0.2) is 40.4 Å². The van der Waals surface area contributed by atoms with Crippen LogP contribution in [-0.2, 0) is 4.79 Å². The van der Waals surface area contributed by atoms with Crippen LogP contribution in [0.2, 0.25) is 0 Å². The maximum atomic E-state index is 12.8. The van der Waals surface area contributed by atoms with Crippen molar-refractivity contribution in [2.45, 2.75) is 49.9 Å². The van der Waals surface area contributed by atoms with Crippen LogP contribution in [0.3, 0.4) is 0 Å². The van der Waals surface area contributed by atoms with Gasteiger partial charge >= 0.3 is 12.1 Å². The molecule has 0 heterocycles. The summed E-state index contributed by atoms with van der Waals surface area (Å²) in [4.78, 5) is 8.90. The van der Waals surface area contributed by atoms with E-state index in [4.69, 9.17) is 20.7 Å². The van der Waals surface area contributed by atoms with Gasteiger partial charge in [0.05, 0.1) is 12.1 Å². The molecule has 1 fully saturated rings. The molecule has 0 aromatic rings. The van der Waals surface area contributed by atoms with E-state index in [9.17, 15) is 22.0 Å². The minimum atomic E-state index is -5.08. The van der Waals surface area contributed by atoms with Crippen molar-refractivity contribution in [2.75, 3.05) is 0 Å². The Morgan fingerprint density at radius 1 is 1.28 bits per heavy atom. The Bertz CT molecular complexity index is 282. The molecule has 4 N–H and O–H groups in total. The first kappa shape index (κ1) is 17.0. The lowest BCUT2D eigenvalue weighted by Gasteiger charge is -2.23. The van der Waals surface area contributed by atoms with E-state index in [1.165, 1.54) is 0 Å². The Morgan fingerprint density at radius 2 is 1.72 bits per heavy atom. The maximum absolute atomic E-state index is 12.8. The van der Waals surface area contributed by atoms with E-state index >= 15 is 0 Å². The first-order valence-electron chi connectivity index (χ1n) is 5.10. The zero-order chi connectivity index (χ0) is 14.6. The van der Waals surface area contributed by atoms with E-state index in [0.717, 1.165) is 0 Å². The number of aliphatic carboxylic acids is 1. The summed E-state index contributed by atoms with van der Waals surface area (Å²) in [5.74, 6) is -5.64. The molecule has 0 radical (unpaired) electrons. The number of carboxylic acids is 1. The van der Waals surface area contributed by atoms with Crippen molar-refractivity contribution in [3.8, 4) is 0 Å². The lowest BCUT2D eigenvalue weighted by atomic mass is 10.0. The predicted octanol–water partition coefficient (Wildman–Crippen LogP) is 1.52. The number of hydrogen-bond acceptors (Lipinski definition) is 3. The van der Waals surface area contributed by atoms with Crippen LogP contribution in [0.4, 0.5) is 22.0 Å². The van der Waals surface area contributed by atoms with Crippen LogP contribution >= 0.6 is 0 Å². The quantitative estimate of drug-likeness (QED) is 0.463. The van der Waals surface area contributed by atoms with Gasteiger partial charge in [-0.3, -0.25) is 0 Å². The SMILES string of the molecule is N[C@H]1C(O)CCCCC1(F)F.O=C(O)C(F)(F)F. The van der Waals surface area contributed by atoms with E-state index in [1.807, 2.05) is 0 Å². The zero-order valence-corrected chi connectivity index (χ0v) is 9.25. The Labute approximate surface area is 99.6 Å². The van der Waals surface area contributed by atoms with Crippen molar-refractivity contribution in [3.05, 3.63) is 0 Å². The van der Waals surface area contributed by atoms with E-state index in [2.05, 4.69) is 0 Å². The third-order valence-electron chi connectivity index (χ3n) is 2.40. The van der Waals surface area contributed by atoms with Gasteiger partial charge in [-0.25, -0.2) is 13.6 Å². The van der Waals surface area contributed by atoms with Crippen LogP contribution in [0, 0.1) is 0 Å². The summed E-state index contributed by atoms with van der Waals surface area (Å²) in [5, 5.41) is 16.2. The summed E-state index contributed by atoms with van der Waals surface area (Å²) in [5.41, 5.74) is 5.16. The molecule has 0 saturated heterocycles. The van der Waals surface area contributed by atoms with Crippen molar-refractivity contribution in [1.82, 2.24) is 0 Å². The molecule has 0 aliphatic heterocycles. The monoisotopic (exact) mass is 279 g/mol. The van der Waals surface area contributed by atoms with Gasteiger partial charge in [-0.2, -0.15) is 13.2 Å². The van der Waals surface area contributed by atoms with Crippen molar-refractivity contribution in [2.24, 2.45) is 5.73 Å². The Balaban J connectivity index is 0.000000360. The molecule has 108 valence electrons. The highest BCUT2D eigenvalue weighted by atomic mass is 19.4. The van der Waals surface area contributed by atoms with Gasteiger partial charge in [0, 0.05) is 6.42 Å². The fourth-order valence-electron chi connectivity index (χ4n) is 1.34. The third-order valence-corrected chi connectivity index (χ3v) is 2.40. The number of alkyl halides is 5. The standard InChI is InChI=1S/C7H13F2NO.C2HF3O2/c8-7(9)4-2-1-3-5(11)6(7)10;3-2(4,5)1(6)7/h5-6,11H,1-4,10H2;(H,6,7)/t5?,6-;/m0./s1. The van der Waals surface area contributed by atoms with Gasteiger partial charge in [0.1, 0.15) is 0 Å². The summed E-state index contributed by atoms with van der Waals surface area (Å²) in [6.07, 6.45) is -4.81. The number of halogens is 5. The number of carbonyl (C=O) groups is 1. The van der Waals surface area contributed by atoms with Crippen LogP contribution in [0.1, 0.15) is 25.7 Å². The van der Waals surface area contributed by atoms with Crippen molar-refractivity contribution in [3.63, 3.8) is 0 Å². The van der Waals surface area contributed by atoms with Gasteiger partial charge in [-0.05, 0) is 12.8 Å². The van der Waals surface area contributed by atoms with Crippen LogP contribution < -0.4 is 5.73 Å². The minimum Gasteiger partial charge on any atom is -0.475 e. The molecule has 1 aliphatic carbocycles. The molecular weight excluding hydrogens is 265 g/mol. The molecule has 2 atom stereocenters. The molecule has 1 rings (SSSR count). The van der Waals surface area contributed by atoms with Crippen LogP contribution in [0.5, 0.6) is 0 Å². The zero-order valence-electron chi connectivity index (χ0n) is 9.25. The van der Waals surface area contributed by atoms with Gasteiger partial charge in [0.15, 0.2) is 0 Å². The number of nitrogens with two attached hydrogens (primary N) is 1. The lowest BCUT2D eigenvalue weighted by Crippen LogP contribution is -2.48. The molecule has 0 amide bonds. The Kier molecular flexibility index (Phi) is 5.94. The molecule has 0 bridgehead atoms.